The van der Waals surface area contributed by atoms with Crippen LogP contribution in [0.5, 0.6) is 0 Å². The van der Waals surface area contributed by atoms with Gasteiger partial charge in [-0.15, -0.1) is 0 Å². The summed E-state index contributed by atoms with van der Waals surface area (Å²) in [4.78, 5) is 2.60. The van der Waals surface area contributed by atoms with Gasteiger partial charge in [-0.3, -0.25) is 0 Å². The molecule has 0 amide bonds. The van der Waals surface area contributed by atoms with E-state index in [9.17, 15) is 0 Å². The van der Waals surface area contributed by atoms with Crippen LogP contribution in [-0.2, 0) is 0 Å². The largest absolute Gasteiger partial charge is 0.303 e. The number of alkyl halides is 1. The van der Waals surface area contributed by atoms with Crippen LogP contribution in [0, 0.1) is 5.92 Å². The molecular weight excluding hydrogens is 238 g/mol. The fourth-order valence-corrected chi connectivity index (χ4v) is 2.48. The van der Waals surface area contributed by atoms with Gasteiger partial charge in [0.1, 0.15) is 0 Å². The third kappa shape index (κ3) is 7.81. The second-order valence-corrected chi connectivity index (χ2v) is 5.01. The molecule has 0 fully saturated rings. The highest BCUT2D eigenvalue weighted by atomic mass is 79.9. The van der Waals surface area contributed by atoms with Crippen LogP contribution in [0.4, 0.5) is 0 Å². The quantitative estimate of drug-likeness (QED) is 0.570. The summed E-state index contributed by atoms with van der Waals surface area (Å²) in [6.45, 7) is 10.7. The molecule has 0 heterocycles. The highest BCUT2D eigenvalue weighted by Gasteiger charge is 2.05. The summed E-state index contributed by atoms with van der Waals surface area (Å²) < 4.78 is 0. The van der Waals surface area contributed by atoms with Crippen molar-refractivity contribution >= 4 is 15.9 Å². The minimum absolute atomic E-state index is 0.866. The molecule has 0 aliphatic rings. The van der Waals surface area contributed by atoms with Gasteiger partial charge in [0.25, 0.3) is 0 Å². The average molecular weight is 264 g/mol. The molecule has 0 rings (SSSR count). The second-order valence-electron chi connectivity index (χ2n) is 4.21. The Hall–Kier alpha value is 0.440. The fourth-order valence-electron chi connectivity index (χ4n) is 1.70. The van der Waals surface area contributed by atoms with Crippen molar-refractivity contribution in [2.75, 3.05) is 25.0 Å². The third-order valence-electron chi connectivity index (χ3n) is 2.62. The Bertz CT molecular complexity index is 111. The summed E-state index contributed by atoms with van der Waals surface area (Å²) >= 11 is 3.50. The van der Waals surface area contributed by atoms with E-state index in [1.807, 2.05) is 0 Å². The molecule has 14 heavy (non-hydrogen) atoms. The van der Waals surface area contributed by atoms with Gasteiger partial charge in [0.05, 0.1) is 0 Å². The Balaban J connectivity index is 3.57. The molecule has 0 aliphatic heterocycles. The predicted molar refractivity (Wildman–Crippen MR) is 69.2 cm³/mol. The summed E-state index contributed by atoms with van der Waals surface area (Å²) in [6, 6.07) is 0. The molecular formula is C12H26BrN. The highest BCUT2D eigenvalue weighted by Crippen LogP contribution is 2.10. The number of rotatable bonds is 9. The number of nitrogens with zero attached hydrogens (tertiary/aromatic N) is 1. The molecule has 0 aromatic rings. The van der Waals surface area contributed by atoms with E-state index < -0.39 is 0 Å². The van der Waals surface area contributed by atoms with E-state index in [4.69, 9.17) is 0 Å². The van der Waals surface area contributed by atoms with Crippen LogP contribution in [0.2, 0.25) is 0 Å². The fraction of sp³-hybridized carbons (Fsp3) is 1.00. The zero-order valence-corrected chi connectivity index (χ0v) is 11.6. The highest BCUT2D eigenvalue weighted by molar-refractivity contribution is 9.09. The van der Waals surface area contributed by atoms with Crippen molar-refractivity contribution in [1.29, 1.82) is 0 Å². The van der Waals surface area contributed by atoms with E-state index >= 15 is 0 Å². The van der Waals surface area contributed by atoms with E-state index in [-0.39, 0.29) is 0 Å². The average Bonchev–Trinajstić information content (AvgIpc) is 2.15. The van der Waals surface area contributed by atoms with Crippen molar-refractivity contribution < 1.29 is 0 Å². The lowest BCUT2D eigenvalue weighted by Crippen LogP contribution is -2.27. The van der Waals surface area contributed by atoms with Crippen molar-refractivity contribution in [3.8, 4) is 0 Å². The Labute approximate surface area is 98.4 Å². The van der Waals surface area contributed by atoms with Crippen LogP contribution < -0.4 is 0 Å². The molecule has 0 aromatic carbocycles. The van der Waals surface area contributed by atoms with E-state index in [0.717, 1.165) is 11.2 Å². The van der Waals surface area contributed by atoms with Crippen LogP contribution in [0.15, 0.2) is 0 Å². The summed E-state index contributed by atoms with van der Waals surface area (Å²) in [5.41, 5.74) is 0. The van der Waals surface area contributed by atoms with Gasteiger partial charge >= 0.3 is 0 Å². The molecule has 0 saturated heterocycles. The van der Waals surface area contributed by atoms with E-state index in [1.165, 1.54) is 45.3 Å². The van der Waals surface area contributed by atoms with Gasteiger partial charge in [0.15, 0.2) is 0 Å². The molecule has 0 spiro atoms. The van der Waals surface area contributed by atoms with Gasteiger partial charge < -0.3 is 4.90 Å². The van der Waals surface area contributed by atoms with Crippen molar-refractivity contribution in [2.24, 2.45) is 5.92 Å². The molecule has 1 atom stereocenters. The van der Waals surface area contributed by atoms with Gasteiger partial charge in [-0.25, -0.2) is 0 Å². The van der Waals surface area contributed by atoms with Crippen molar-refractivity contribution in [3.63, 3.8) is 0 Å². The number of halogens is 1. The van der Waals surface area contributed by atoms with Gasteiger partial charge in [-0.05, 0) is 51.2 Å². The van der Waals surface area contributed by atoms with Crippen LogP contribution in [-0.4, -0.2) is 29.9 Å². The lowest BCUT2D eigenvalue weighted by atomic mass is 10.1. The summed E-state index contributed by atoms with van der Waals surface area (Å²) in [6.07, 6.45) is 5.23. The first-order chi connectivity index (χ1) is 6.74. The Morgan fingerprint density at radius 1 is 1.00 bits per heavy atom. The van der Waals surface area contributed by atoms with E-state index in [0.29, 0.717) is 0 Å². The molecule has 0 bridgehead atoms. The van der Waals surface area contributed by atoms with Gasteiger partial charge in [0.2, 0.25) is 0 Å². The maximum Gasteiger partial charge on any atom is 0.00338 e. The standard InChI is InChI=1S/C12H26BrN/c1-4-9-14(10-5-2)11-7-12(3)6-8-13/h12H,4-11H2,1-3H3. The first kappa shape index (κ1) is 14.4. The Kier molecular flexibility index (Phi) is 10.3. The SMILES string of the molecule is CCCN(CCC)CCC(C)CCBr. The molecule has 0 N–H and O–H groups in total. The van der Waals surface area contributed by atoms with Crippen molar-refractivity contribution in [2.45, 2.75) is 46.5 Å². The van der Waals surface area contributed by atoms with E-state index in [1.54, 1.807) is 0 Å². The third-order valence-corrected chi connectivity index (χ3v) is 3.08. The van der Waals surface area contributed by atoms with Gasteiger partial charge in [0, 0.05) is 5.33 Å². The van der Waals surface area contributed by atoms with Gasteiger partial charge in [-0.1, -0.05) is 36.7 Å². The van der Waals surface area contributed by atoms with Crippen LogP contribution in [0.25, 0.3) is 0 Å². The molecule has 2 heteroatoms. The molecule has 0 aromatic heterocycles. The summed E-state index contributed by atoms with van der Waals surface area (Å²) in [5.74, 6) is 0.866. The van der Waals surface area contributed by atoms with Crippen LogP contribution >= 0.6 is 15.9 Å². The second kappa shape index (κ2) is 9.97. The number of hydrogen-bond donors (Lipinski definition) is 0. The summed E-state index contributed by atoms with van der Waals surface area (Å²) in [7, 11) is 0. The molecule has 1 unspecified atom stereocenters. The Morgan fingerprint density at radius 3 is 2.00 bits per heavy atom. The topological polar surface area (TPSA) is 3.24 Å². The maximum absolute atomic E-state index is 3.50. The van der Waals surface area contributed by atoms with Crippen LogP contribution in [0.1, 0.15) is 46.5 Å². The van der Waals surface area contributed by atoms with Crippen molar-refractivity contribution in [1.82, 2.24) is 4.90 Å². The molecule has 1 nitrogen and oxygen atoms in total. The maximum atomic E-state index is 3.50. The smallest absolute Gasteiger partial charge is 0.00338 e. The first-order valence-electron chi connectivity index (χ1n) is 6.02. The molecule has 0 saturated carbocycles. The first-order valence-corrected chi connectivity index (χ1v) is 7.15. The lowest BCUT2D eigenvalue weighted by molar-refractivity contribution is 0.254. The zero-order valence-electron chi connectivity index (χ0n) is 10.1. The van der Waals surface area contributed by atoms with Gasteiger partial charge in [-0.2, -0.15) is 0 Å². The lowest BCUT2D eigenvalue weighted by Gasteiger charge is -2.22. The summed E-state index contributed by atoms with van der Waals surface area (Å²) in [5, 5.41) is 1.15. The minimum Gasteiger partial charge on any atom is -0.303 e. The Morgan fingerprint density at radius 2 is 1.57 bits per heavy atom. The van der Waals surface area contributed by atoms with Crippen molar-refractivity contribution in [3.05, 3.63) is 0 Å². The predicted octanol–water partition coefficient (Wildman–Crippen LogP) is 3.92. The molecule has 0 radical (unpaired) electrons. The number of hydrogen-bond acceptors (Lipinski definition) is 1. The van der Waals surface area contributed by atoms with Crippen LogP contribution in [0.3, 0.4) is 0 Å². The van der Waals surface area contributed by atoms with E-state index in [2.05, 4.69) is 41.6 Å². The monoisotopic (exact) mass is 263 g/mol. The molecule has 86 valence electrons. The zero-order chi connectivity index (χ0) is 10.8. The minimum atomic E-state index is 0.866. The molecule has 0 aliphatic carbocycles. The normalized spacial score (nSPS) is 13.5.